The molecular formula is C16H18N2OS. The van der Waals surface area contributed by atoms with Crippen molar-refractivity contribution in [3.63, 3.8) is 0 Å². The van der Waals surface area contributed by atoms with Crippen molar-refractivity contribution in [2.75, 3.05) is 11.9 Å². The van der Waals surface area contributed by atoms with Crippen molar-refractivity contribution in [3.8, 4) is 0 Å². The summed E-state index contributed by atoms with van der Waals surface area (Å²) in [4.78, 5) is 15.7. The van der Waals surface area contributed by atoms with Gasteiger partial charge < -0.3 is 10.2 Å². The highest BCUT2D eigenvalue weighted by Gasteiger charge is 2.32. The number of hydrogen-bond acceptors (Lipinski definition) is 2. The van der Waals surface area contributed by atoms with Crippen LogP contribution in [-0.4, -0.2) is 23.5 Å². The highest BCUT2D eigenvalue weighted by atomic mass is 32.1. The molecule has 0 atom stereocenters. The Labute approximate surface area is 123 Å². The summed E-state index contributed by atoms with van der Waals surface area (Å²) in [5.41, 5.74) is 0.860. The van der Waals surface area contributed by atoms with Crippen molar-refractivity contribution in [1.29, 1.82) is 0 Å². The third-order valence-corrected chi connectivity index (χ3v) is 4.39. The zero-order chi connectivity index (χ0) is 13.8. The van der Waals surface area contributed by atoms with Gasteiger partial charge >= 0.3 is 6.03 Å². The minimum Gasteiger partial charge on any atom is -0.321 e. The van der Waals surface area contributed by atoms with Crippen LogP contribution in [0.4, 0.5) is 10.5 Å². The summed E-state index contributed by atoms with van der Waals surface area (Å²) < 4.78 is 0. The van der Waals surface area contributed by atoms with Crippen LogP contribution in [0.2, 0.25) is 0 Å². The van der Waals surface area contributed by atoms with Gasteiger partial charge in [-0.15, -0.1) is 11.3 Å². The first-order valence-corrected chi connectivity index (χ1v) is 7.86. The van der Waals surface area contributed by atoms with Crippen LogP contribution in [0.1, 0.15) is 17.7 Å². The van der Waals surface area contributed by atoms with Gasteiger partial charge in [-0.05, 0) is 42.8 Å². The van der Waals surface area contributed by atoms with E-state index in [1.807, 2.05) is 35.2 Å². The number of thiophene rings is 1. The zero-order valence-corrected chi connectivity index (χ0v) is 12.1. The van der Waals surface area contributed by atoms with Crippen molar-refractivity contribution in [1.82, 2.24) is 4.90 Å². The number of amides is 2. The molecule has 1 aliphatic carbocycles. The van der Waals surface area contributed by atoms with Crippen LogP contribution in [0.15, 0.2) is 47.8 Å². The monoisotopic (exact) mass is 286 g/mol. The minimum absolute atomic E-state index is 0.0234. The molecule has 1 saturated carbocycles. The summed E-state index contributed by atoms with van der Waals surface area (Å²) in [6.07, 6.45) is 3.20. The number of hydrogen-bond donors (Lipinski definition) is 1. The smallest absolute Gasteiger partial charge is 0.321 e. The van der Waals surface area contributed by atoms with Crippen LogP contribution in [0, 0.1) is 0 Å². The molecule has 104 valence electrons. The minimum atomic E-state index is 0.0234. The number of para-hydroxylation sites is 1. The molecule has 3 nitrogen and oxygen atoms in total. The van der Waals surface area contributed by atoms with Crippen molar-refractivity contribution >= 4 is 23.1 Å². The lowest BCUT2D eigenvalue weighted by atomic mass is 10.3. The molecule has 20 heavy (non-hydrogen) atoms. The van der Waals surface area contributed by atoms with Crippen molar-refractivity contribution in [2.45, 2.75) is 25.3 Å². The highest BCUT2D eigenvalue weighted by molar-refractivity contribution is 7.09. The SMILES string of the molecule is O=C(Nc1ccccc1)N(CCc1cccs1)C1CC1. The first kappa shape index (κ1) is 13.2. The lowest BCUT2D eigenvalue weighted by molar-refractivity contribution is 0.209. The molecule has 0 bridgehead atoms. The van der Waals surface area contributed by atoms with Gasteiger partial charge in [-0.25, -0.2) is 4.79 Å². The van der Waals surface area contributed by atoms with Crippen molar-refractivity contribution in [2.24, 2.45) is 0 Å². The second kappa shape index (κ2) is 6.09. The molecule has 1 N–H and O–H groups in total. The molecule has 1 aliphatic rings. The zero-order valence-electron chi connectivity index (χ0n) is 11.3. The molecule has 2 amide bonds. The highest BCUT2D eigenvalue weighted by Crippen LogP contribution is 2.28. The molecule has 3 rings (SSSR count). The van der Waals surface area contributed by atoms with Gasteiger partial charge in [0.2, 0.25) is 0 Å². The van der Waals surface area contributed by atoms with Gasteiger partial charge in [0.05, 0.1) is 0 Å². The maximum absolute atomic E-state index is 12.4. The number of nitrogens with zero attached hydrogens (tertiary/aromatic N) is 1. The number of carbonyl (C=O) groups is 1. The van der Waals surface area contributed by atoms with E-state index < -0.39 is 0 Å². The summed E-state index contributed by atoms with van der Waals surface area (Å²) in [6, 6.07) is 14.3. The summed E-state index contributed by atoms with van der Waals surface area (Å²) >= 11 is 1.75. The van der Waals surface area contributed by atoms with Gasteiger partial charge in [0.15, 0.2) is 0 Å². The standard InChI is InChI=1S/C16H18N2OS/c19-16(17-13-5-2-1-3-6-13)18(14-8-9-14)11-10-15-7-4-12-20-15/h1-7,12,14H,8-11H2,(H,17,19). The first-order chi connectivity index (χ1) is 9.83. The number of nitrogens with one attached hydrogen (secondary N) is 1. The van der Waals surface area contributed by atoms with Crippen LogP contribution in [0.25, 0.3) is 0 Å². The third-order valence-electron chi connectivity index (χ3n) is 3.45. The van der Waals surface area contributed by atoms with E-state index >= 15 is 0 Å². The van der Waals surface area contributed by atoms with E-state index in [-0.39, 0.29) is 6.03 Å². The second-order valence-electron chi connectivity index (χ2n) is 5.05. The lowest BCUT2D eigenvalue weighted by Crippen LogP contribution is -2.38. The second-order valence-corrected chi connectivity index (χ2v) is 6.08. The van der Waals surface area contributed by atoms with E-state index in [1.54, 1.807) is 11.3 Å². The van der Waals surface area contributed by atoms with Crippen LogP contribution >= 0.6 is 11.3 Å². The number of urea groups is 1. The van der Waals surface area contributed by atoms with E-state index in [1.165, 1.54) is 4.88 Å². The van der Waals surface area contributed by atoms with Gasteiger partial charge in [-0.2, -0.15) is 0 Å². The topological polar surface area (TPSA) is 32.3 Å². The normalized spacial score (nSPS) is 14.0. The molecule has 1 aromatic carbocycles. The summed E-state index contributed by atoms with van der Waals surface area (Å²) in [6.45, 7) is 0.795. The van der Waals surface area contributed by atoms with Crippen molar-refractivity contribution < 1.29 is 4.79 Å². The van der Waals surface area contributed by atoms with E-state index in [0.29, 0.717) is 6.04 Å². The molecule has 1 aromatic heterocycles. The Morgan fingerprint density at radius 1 is 1.20 bits per heavy atom. The summed E-state index contributed by atoms with van der Waals surface area (Å²) in [7, 11) is 0. The fourth-order valence-corrected chi connectivity index (χ4v) is 2.94. The predicted molar refractivity (Wildman–Crippen MR) is 83.2 cm³/mol. The number of carbonyl (C=O) groups excluding carboxylic acids is 1. The average Bonchev–Trinajstić information content (AvgIpc) is 3.15. The number of benzene rings is 1. The molecule has 0 aliphatic heterocycles. The molecule has 4 heteroatoms. The van der Waals surface area contributed by atoms with Gasteiger partial charge in [0, 0.05) is 23.2 Å². The quantitative estimate of drug-likeness (QED) is 0.885. The van der Waals surface area contributed by atoms with E-state index in [0.717, 1.165) is 31.5 Å². The van der Waals surface area contributed by atoms with Crippen molar-refractivity contribution in [3.05, 3.63) is 52.7 Å². The van der Waals surface area contributed by atoms with Gasteiger partial charge in [-0.3, -0.25) is 0 Å². The lowest BCUT2D eigenvalue weighted by Gasteiger charge is -2.22. The van der Waals surface area contributed by atoms with Gasteiger partial charge in [0.1, 0.15) is 0 Å². The fourth-order valence-electron chi connectivity index (χ4n) is 2.24. The Morgan fingerprint density at radius 2 is 2.00 bits per heavy atom. The van der Waals surface area contributed by atoms with Crippen LogP contribution in [0.3, 0.4) is 0 Å². The third kappa shape index (κ3) is 3.39. The van der Waals surface area contributed by atoms with E-state index in [2.05, 4.69) is 22.8 Å². The molecule has 0 saturated heterocycles. The Hall–Kier alpha value is -1.81. The summed E-state index contributed by atoms with van der Waals surface area (Å²) in [5.74, 6) is 0. The van der Waals surface area contributed by atoms with Crippen LogP contribution in [-0.2, 0) is 6.42 Å². The fraction of sp³-hybridized carbons (Fsp3) is 0.312. The maximum atomic E-state index is 12.4. The molecular weight excluding hydrogens is 268 g/mol. The average molecular weight is 286 g/mol. The Bertz CT molecular complexity index is 549. The molecule has 0 spiro atoms. The Balaban J connectivity index is 1.60. The van der Waals surface area contributed by atoms with E-state index in [9.17, 15) is 4.79 Å². The Kier molecular flexibility index (Phi) is 4.02. The Morgan fingerprint density at radius 3 is 2.65 bits per heavy atom. The predicted octanol–water partition coefficient (Wildman–Crippen LogP) is 3.99. The number of anilines is 1. The van der Waals surface area contributed by atoms with Crippen LogP contribution in [0.5, 0.6) is 0 Å². The first-order valence-electron chi connectivity index (χ1n) is 6.98. The molecule has 0 unspecified atom stereocenters. The molecule has 1 fully saturated rings. The van der Waals surface area contributed by atoms with Crippen LogP contribution < -0.4 is 5.32 Å². The molecule has 0 radical (unpaired) electrons. The largest absolute Gasteiger partial charge is 0.322 e. The molecule has 1 heterocycles. The number of rotatable bonds is 5. The summed E-state index contributed by atoms with van der Waals surface area (Å²) in [5, 5.41) is 5.07. The maximum Gasteiger partial charge on any atom is 0.322 e. The van der Waals surface area contributed by atoms with Gasteiger partial charge in [0.25, 0.3) is 0 Å². The van der Waals surface area contributed by atoms with E-state index in [4.69, 9.17) is 0 Å². The molecule has 2 aromatic rings. The van der Waals surface area contributed by atoms with Gasteiger partial charge in [-0.1, -0.05) is 24.3 Å².